The van der Waals surface area contributed by atoms with E-state index < -0.39 is 0 Å². The van der Waals surface area contributed by atoms with Gasteiger partial charge in [-0.2, -0.15) is 0 Å². The monoisotopic (exact) mass is 277 g/mol. The Kier molecular flexibility index (Phi) is 8.52. The molecule has 1 amide bonds. The fourth-order valence-corrected chi connectivity index (χ4v) is 2.05. The van der Waals surface area contributed by atoms with E-state index in [2.05, 4.69) is 12.2 Å². The second-order valence-electron chi connectivity index (χ2n) is 5.13. The maximum absolute atomic E-state index is 11.6. The van der Waals surface area contributed by atoms with Gasteiger partial charge < -0.3 is 10.1 Å². The largest absolute Gasteiger partial charge is 0.491 e. The average molecular weight is 277 g/mol. The number of ether oxygens (including phenoxy) is 1. The van der Waals surface area contributed by atoms with Crippen LogP contribution in [0.25, 0.3) is 0 Å². The summed E-state index contributed by atoms with van der Waals surface area (Å²) in [6, 6.07) is 7.91. The summed E-state index contributed by atoms with van der Waals surface area (Å²) in [6.45, 7) is 5.31. The Labute approximate surface area is 122 Å². The van der Waals surface area contributed by atoms with Crippen molar-refractivity contribution in [2.45, 2.75) is 52.4 Å². The first kappa shape index (κ1) is 16.5. The molecule has 0 aliphatic carbocycles. The highest BCUT2D eigenvalue weighted by molar-refractivity contribution is 5.75. The van der Waals surface area contributed by atoms with E-state index in [9.17, 15) is 4.79 Å². The third-order valence-corrected chi connectivity index (χ3v) is 3.28. The minimum absolute atomic E-state index is 0.134. The quantitative estimate of drug-likeness (QED) is 0.660. The molecule has 0 unspecified atom stereocenters. The third kappa shape index (κ3) is 7.17. The molecule has 0 aromatic heterocycles. The van der Waals surface area contributed by atoms with Gasteiger partial charge in [-0.25, -0.2) is 0 Å². The molecule has 3 nitrogen and oxygen atoms in total. The molecule has 0 saturated carbocycles. The van der Waals surface area contributed by atoms with Crippen LogP contribution in [0.3, 0.4) is 0 Å². The molecule has 0 saturated heterocycles. The maximum Gasteiger partial charge on any atom is 0.220 e. The van der Waals surface area contributed by atoms with Gasteiger partial charge in [-0.15, -0.1) is 0 Å². The van der Waals surface area contributed by atoms with Crippen LogP contribution < -0.4 is 10.1 Å². The maximum atomic E-state index is 11.6. The SMILES string of the molecule is CCCCCCCC(=O)NCCOc1ccccc1C. The number of benzene rings is 1. The molecular weight excluding hydrogens is 250 g/mol. The second-order valence-corrected chi connectivity index (χ2v) is 5.13. The van der Waals surface area contributed by atoms with Crippen LogP contribution in [0.4, 0.5) is 0 Å². The van der Waals surface area contributed by atoms with Crippen molar-refractivity contribution >= 4 is 5.91 Å². The predicted octanol–water partition coefficient (Wildman–Crippen LogP) is 3.85. The molecule has 3 heteroatoms. The molecule has 0 heterocycles. The number of amides is 1. The van der Waals surface area contributed by atoms with E-state index >= 15 is 0 Å². The summed E-state index contributed by atoms with van der Waals surface area (Å²) in [5.41, 5.74) is 1.12. The first-order valence-electron chi connectivity index (χ1n) is 7.69. The molecule has 0 aliphatic rings. The molecule has 20 heavy (non-hydrogen) atoms. The van der Waals surface area contributed by atoms with E-state index in [0.29, 0.717) is 19.6 Å². The van der Waals surface area contributed by atoms with Gasteiger partial charge in [0.25, 0.3) is 0 Å². The van der Waals surface area contributed by atoms with E-state index in [1.54, 1.807) is 0 Å². The van der Waals surface area contributed by atoms with Gasteiger partial charge in [0.2, 0.25) is 5.91 Å². The number of hydrogen-bond donors (Lipinski definition) is 1. The fraction of sp³-hybridized carbons (Fsp3) is 0.588. The summed E-state index contributed by atoms with van der Waals surface area (Å²) in [5, 5.41) is 2.90. The molecule has 0 spiro atoms. The van der Waals surface area contributed by atoms with Crippen molar-refractivity contribution in [2.24, 2.45) is 0 Å². The van der Waals surface area contributed by atoms with E-state index in [1.807, 2.05) is 31.2 Å². The van der Waals surface area contributed by atoms with Crippen LogP contribution in [0.15, 0.2) is 24.3 Å². The first-order chi connectivity index (χ1) is 9.74. The summed E-state index contributed by atoms with van der Waals surface area (Å²) < 4.78 is 5.63. The molecule has 0 atom stereocenters. The highest BCUT2D eigenvalue weighted by Gasteiger charge is 2.01. The molecule has 0 fully saturated rings. The van der Waals surface area contributed by atoms with E-state index in [4.69, 9.17) is 4.74 Å². The zero-order valence-corrected chi connectivity index (χ0v) is 12.8. The van der Waals surface area contributed by atoms with Crippen LogP contribution in [0.5, 0.6) is 5.75 Å². The number of hydrogen-bond acceptors (Lipinski definition) is 2. The molecule has 1 N–H and O–H groups in total. The van der Waals surface area contributed by atoms with Crippen molar-refractivity contribution in [3.8, 4) is 5.75 Å². The van der Waals surface area contributed by atoms with Crippen LogP contribution in [0, 0.1) is 6.92 Å². The number of aryl methyl sites for hydroxylation is 1. The fourth-order valence-electron chi connectivity index (χ4n) is 2.05. The highest BCUT2D eigenvalue weighted by Crippen LogP contribution is 2.15. The Morgan fingerprint density at radius 3 is 2.65 bits per heavy atom. The van der Waals surface area contributed by atoms with Crippen molar-refractivity contribution in [1.82, 2.24) is 5.32 Å². The number of nitrogens with one attached hydrogen (secondary N) is 1. The minimum atomic E-state index is 0.134. The van der Waals surface area contributed by atoms with Gasteiger partial charge in [0.15, 0.2) is 0 Å². The number of para-hydroxylation sites is 1. The van der Waals surface area contributed by atoms with Gasteiger partial charge >= 0.3 is 0 Å². The second kappa shape index (κ2) is 10.3. The van der Waals surface area contributed by atoms with Crippen molar-refractivity contribution in [1.29, 1.82) is 0 Å². The van der Waals surface area contributed by atoms with E-state index in [1.165, 1.54) is 19.3 Å². The molecule has 0 aliphatic heterocycles. The van der Waals surface area contributed by atoms with Crippen LogP contribution in [-0.2, 0) is 4.79 Å². The lowest BCUT2D eigenvalue weighted by Crippen LogP contribution is -2.27. The zero-order valence-electron chi connectivity index (χ0n) is 12.8. The number of rotatable bonds is 10. The average Bonchev–Trinajstić information content (AvgIpc) is 2.45. The van der Waals surface area contributed by atoms with Gasteiger partial charge in [-0.05, 0) is 25.0 Å². The Bertz CT molecular complexity index is 390. The zero-order chi connectivity index (χ0) is 14.6. The van der Waals surface area contributed by atoms with Crippen LogP contribution >= 0.6 is 0 Å². The summed E-state index contributed by atoms with van der Waals surface area (Å²) in [7, 11) is 0. The topological polar surface area (TPSA) is 38.3 Å². The normalized spacial score (nSPS) is 10.3. The molecule has 1 rings (SSSR count). The lowest BCUT2D eigenvalue weighted by atomic mass is 10.1. The molecule has 1 aromatic rings. The van der Waals surface area contributed by atoms with Crippen LogP contribution in [0.2, 0.25) is 0 Å². The summed E-state index contributed by atoms with van der Waals surface area (Å²) in [5.74, 6) is 1.02. The minimum Gasteiger partial charge on any atom is -0.491 e. The standard InChI is InChI=1S/C17H27NO2/c1-3-4-5-6-7-12-17(19)18-13-14-20-16-11-9-8-10-15(16)2/h8-11H,3-7,12-14H2,1-2H3,(H,18,19). The van der Waals surface area contributed by atoms with Gasteiger partial charge in [0.05, 0.1) is 6.54 Å². The van der Waals surface area contributed by atoms with E-state index in [-0.39, 0.29) is 5.91 Å². The van der Waals surface area contributed by atoms with Gasteiger partial charge in [-0.3, -0.25) is 4.79 Å². The molecular formula is C17H27NO2. The number of unbranched alkanes of at least 4 members (excludes halogenated alkanes) is 4. The number of carbonyl (C=O) groups excluding carboxylic acids is 1. The van der Waals surface area contributed by atoms with Gasteiger partial charge in [0, 0.05) is 6.42 Å². The van der Waals surface area contributed by atoms with Crippen molar-refractivity contribution in [2.75, 3.05) is 13.2 Å². The Morgan fingerprint density at radius 1 is 1.15 bits per heavy atom. The summed E-state index contributed by atoms with van der Waals surface area (Å²) in [6.07, 6.45) is 6.52. The molecule has 112 valence electrons. The van der Waals surface area contributed by atoms with Crippen molar-refractivity contribution in [3.63, 3.8) is 0 Å². The summed E-state index contributed by atoms with van der Waals surface area (Å²) in [4.78, 5) is 11.6. The van der Waals surface area contributed by atoms with E-state index in [0.717, 1.165) is 24.2 Å². The Morgan fingerprint density at radius 2 is 1.90 bits per heavy atom. The van der Waals surface area contributed by atoms with Crippen LogP contribution in [0.1, 0.15) is 51.0 Å². The Hall–Kier alpha value is -1.51. The van der Waals surface area contributed by atoms with Gasteiger partial charge in [0.1, 0.15) is 12.4 Å². The molecule has 1 aromatic carbocycles. The Balaban J connectivity index is 2.03. The highest BCUT2D eigenvalue weighted by atomic mass is 16.5. The predicted molar refractivity (Wildman–Crippen MR) is 83.1 cm³/mol. The molecule has 0 radical (unpaired) electrons. The molecule has 0 bridgehead atoms. The van der Waals surface area contributed by atoms with Crippen LogP contribution in [-0.4, -0.2) is 19.1 Å². The smallest absolute Gasteiger partial charge is 0.220 e. The van der Waals surface area contributed by atoms with Gasteiger partial charge in [-0.1, -0.05) is 50.8 Å². The van der Waals surface area contributed by atoms with Crippen molar-refractivity contribution in [3.05, 3.63) is 29.8 Å². The lowest BCUT2D eigenvalue weighted by molar-refractivity contribution is -0.121. The first-order valence-corrected chi connectivity index (χ1v) is 7.69. The summed E-state index contributed by atoms with van der Waals surface area (Å²) >= 11 is 0. The lowest BCUT2D eigenvalue weighted by Gasteiger charge is -2.09. The van der Waals surface area contributed by atoms with Crippen molar-refractivity contribution < 1.29 is 9.53 Å². The number of carbonyl (C=O) groups is 1. The third-order valence-electron chi connectivity index (χ3n) is 3.28.